The summed E-state index contributed by atoms with van der Waals surface area (Å²) in [5.41, 5.74) is 3.50. The van der Waals surface area contributed by atoms with Gasteiger partial charge in [-0.3, -0.25) is 9.97 Å². The topological polar surface area (TPSA) is 74.2 Å². The maximum Gasteiger partial charge on any atom is 0.333 e. The molecule has 0 aromatic carbocycles. The number of esters is 1. The van der Waals surface area contributed by atoms with Gasteiger partial charge in [0.05, 0.1) is 36.0 Å². The summed E-state index contributed by atoms with van der Waals surface area (Å²) in [5, 5.41) is 0. The Bertz CT molecular complexity index is 934. The highest BCUT2D eigenvalue weighted by Crippen LogP contribution is 2.26. The van der Waals surface area contributed by atoms with Crippen LogP contribution < -0.4 is 4.74 Å². The van der Waals surface area contributed by atoms with Gasteiger partial charge in [-0.25, -0.2) is 9.78 Å². The minimum atomic E-state index is -0.326. The van der Waals surface area contributed by atoms with Crippen molar-refractivity contribution in [2.75, 3.05) is 13.2 Å². The highest BCUT2D eigenvalue weighted by Gasteiger charge is 2.09. The van der Waals surface area contributed by atoms with Crippen LogP contribution in [0.1, 0.15) is 32.6 Å². The van der Waals surface area contributed by atoms with Crippen LogP contribution in [-0.2, 0) is 9.53 Å². The number of pyridine rings is 3. The maximum absolute atomic E-state index is 11.3. The minimum Gasteiger partial charge on any atom is -0.493 e. The second-order valence-electron chi connectivity index (χ2n) is 7.18. The summed E-state index contributed by atoms with van der Waals surface area (Å²) >= 11 is 0. The fourth-order valence-corrected chi connectivity index (χ4v) is 2.92. The van der Waals surface area contributed by atoms with Crippen molar-refractivity contribution < 1.29 is 14.3 Å². The molecule has 3 aromatic rings. The third kappa shape index (κ3) is 7.03. The number of rotatable bonds is 11. The largest absolute Gasteiger partial charge is 0.493 e. The molecule has 0 fully saturated rings. The van der Waals surface area contributed by atoms with Crippen LogP contribution in [0.25, 0.3) is 22.8 Å². The van der Waals surface area contributed by atoms with Crippen molar-refractivity contribution in [2.45, 2.75) is 32.6 Å². The van der Waals surface area contributed by atoms with E-state index >= 15 is 0 Å². The lowest BCUT2D eigenvalue weighted by Gasteiger charge is -2.11. The Labute approximate surface area is 183 Å². The molecule has 3 heterocycles. The lowest BCUT2D eigenvalue weighted by molar-refractivity contribution is -0.139. The highest BCUT2D eigenvalue weighted by molar-refractivity contribution is 5.86. The Morgan fingerprint density at radius 2 is 1.42 bits per heavy atom. The van der Waals surface area contributed by atoms with E-state index in [-0.39, 0.29) is 5.97 Å². The number of hydrogen-bond donors (Lipinski definition) is 0. The van der Waals surface area contributed by atoms with Crippen LogP contribution in [0.5, 0.6) is 5.75 Å². The number of carbonyl (C=O) groups is 1. The smallest absolute Gasteiger partial charge is 0.333 e. The molecule has 0 aliphatic rings. The van der Waals surface area contributed by atoms with Crippen molar-refractivity contribution in [3.05, 3.63) is 73.1 Å². The molecule has 0 unspecified atom stereocenters. The van der Waals surface area contributed by atoms with Crippen molar-refractivity contribution >= 4 is 5.97 Å². The minimum absolute atomic E-state index is 0.326. The van der Waals surface area contributed by atoms with Gasteiger partial charge in [0.15, 0.2) is 0 Å². The van der Waals surface area contributed by atoms with Gasteiger partial charge in [-0.05, 0) is 56.9 Å². The number of ether oxygens (including phenoxy) is 2. The third-order valence-electron chi connectivity index (χ3n) is 4.54. The van der Waals surface area contributed by atoms with E-state index in [2.05, 4.69) is 16.5 Å². The van der Waals surface area contributed by atoms with E-state index in [1.54, 1.807) is 19.3 Å². The molecule has 0 atom stereocenters. The molecule has 31 heavy (non-hydrogen) atoms. The average molecular weight is 418 g/mol. The number of aromatic nitrogens is 3. The third-order valence-corrected chi connectivity index (χ3v) is 4.54. The molecular formula is C25H27N3O3. The Morgan fingerprint density at radius 3 is 1.94 bits per heavy atom. The van der Waals surface area contributed by atoms with Crippen molar-refractivity contribution in [3.63, 3.8) is 0 Å². The number of unbranched alkanes of at least 4 members (excludes halogenated alkanes) is 3. The fourth-order valence-electron chi connectivity index (χ4n) is 2.92. The first kappa shape index (κ1) is 22.2. The summed E-state index contributed by atoms with van der Waals surface area (Å²) in [6.45, 7) is 6.25. The van der Waals surface area contributed by atoms with Gasteiger partial charge in [0.1, 0.15) is 5.75 Å². The van der Waals surface area contributed by atoms with E-state index in [4.69, 9.17) is 14.5 Å². The normalized spacial score (nSPS) is 10.5. The van der Waals surface area contributed by atoms with Crippen LogP contribution in [0.3, 0.4) is 0 Å². The molecule has 3 rings (SSSR count). The lowest BCUT2D eigenvalue weighted by Crippen LogP contribution is -2.06. The summed E-state index contributed by atoms with van der Waals surface area (Å²) in [4.78, 5) is 24.9. The molecule has 160 valence electrons. The van der Waals surface area contributed by atoms with Gasteiger partial charge in [0.2, 0.25) is 0 Å². The molecule has 0 spiro atoms. The van der Waals surface area contributed by atoms with Crippen molar-refractivity contribution in [1.82, 2.24) is 15.0 Å². The highest BCUT2D eigenvalue weighted by atomic mass is 16.5. The van der Waals surface area contributed by atoms with Crippen LogP contribution in [-0.4, -0.2) is 34.1 Å². The molecule has 0 N–H and O–H groups in total. The summed E-state index contributed by atoms with van der Waals surface area (Å²) < 4.78 is 11.1. The zero-order valence-corrected chi connectivity index (χ0v) is 17.8. The molecule has 0 saturated heterocycles. The van der Waals surface area contributed by atoms with Gasteiger partial charge in [-0.1, -0.05) is 18.7 Å². The van der Waals surface area contributed by atoms with Crippen LogP contribution in [0.15, 0.2) is 73.1 Å². The Morgan fingerprint density at radius 1 is 0.839 bits per heavy atom. The zero-order valence-electron chi connectivity index (χ0n) is 17.8. The molecule has 6 heteroatoms. The van der Waals surface area contributed by atoms with Crippen molar-refractivity contribution in [2.24, 2.45) is 0 Å². The number of hydrogen-bond acceptors (Lipinski definition) is 6. The van der Waals surface area contributed by atoms with Gasteiger partial charge < -0.3 is 9.47 Å². The van der Waals surface area contributed by atoms with Crippen LogP contribution in [0.4, 0.5) is 0 Å². The average Bonchev–Trinajstić information content (AvgIpc) is 2.81. The standard InChI is InChI=1S/C25H27N3O3/c1-19(2)25(29)31-16-10-4-3-9-15-30-20-17-23(21-11-5-7-13-26-21)28-24(18-20)22-12-6-8-14-27-22/h5-8,11-14,17-18H,1,3-4,9-10,15-16H2,2H3. The zero-order chi connectivity index (χ0) is 21.9. The van der Waals surface area contributed by atoms with Crippen molar-refractivity contribution in [1.29, 1.82) is 0 Å². The molecule has 0 aliphatic carbocycles. The molecule has 0 bridgehead atoms. The molecule has 0 saturated carbocycles. The Hall–Kier alpha value is -3.54. The van der Waals surface area contributed by atoms with Gasteiger partial charge in [-0.15, -0.1) is 0 Å². The molecule has 0 amide bonds. The molecular weight excluding hydrogens is 390 g/mol. The first-order valence-corrected chi connectivity index (χ1v) is 10.4. The summed E-state index contributed by atoms with van der Waals surface area (Å²) in [7, 11) is 0. The molecule has 0 aliphatic heterocycles. The van der Waals surface area contributed by atoms with E-state index in [9.17, 15) is 4.79 Å². The molecule has 6 nitrogen and oxygen atoms in total. The molecule has 0 radical (unpaired) electrons. The van der Waals surface area contributed by atoms with Crippen LogP contribution >= 0.6 is 0 Å². The lowest BCUT2D eigenvalue weighted by atomic mass is 10.2. The number of carbonyl (C=O) groups excluding carboxylic acids is 1. The summed E-state index contributed by atoms with van der Waals surface area (Å²) in [6, 6.07) is 15.3. The first-order chi connectivity index (χ1) is 15.1. The van der Waals surface area contributed by atoms with Gasteiger partial charge >= 0.3 is 5.97 Å². The predicted molar refractivity (Wildman–Crippen MR) is 120 cm³/mol. The monoisotopic (exact) mass is 417 g/mol. The second kappa shape index (κ2) is 11.6. The fraction of sp³-hybridized carbons (Fsp3) is 0.280. The van der Waals surface area contributed by atoms with E-state index in [1.165, 1.54) is 0 Å². The quantitative estimate of drug-likeness (QED) is 0.241. The Kier molecular flexibility index (Phi) is 8.29. The van der Waals surface area contributed by atoms with Gasteiger partial charge in [0, 0.05) is 30.1 Å². The summed E-state index contributed by atoms with van der Waals surface area (Å²) in [5.74, 6) is 0.417. The van der Waals surface area contributed by atoms with Crippen LogP contribution in [0.2, 0.25) is 0 Å². The van der Waals surface area contributed by atoms with E-state index in [0.29, 0.717) is 18.8 Å². The Balaban J connectivity index is 1.55. The van der Waals surface area contributed by atoms with E-state index < -0.39 is 0 Å². The van der Waals surface area contributed by atoms with Gasteiger partial charge in [0.25, 0.3) is 0 Å². The van der Waals surface area contributed by atoms with E-state index in [0.717, 1.165) is 54.2 Å². The van der Waals surface area contributed by atoms with Crippen molar-refractivity contribution in [3.8, 4) is 28.5 Å². The maximum atomic E-state index is 11.3. The molecule has 3 aromatic heterocycles. The van der Waals surface area contributed by atoms with Crippen LogP contribution in [0, 0.1) is 0 Å². The first-order valence-electron chi connectivity index (χ1n) is 10.4. The summed E-state index contributed by atoms with van der Waals surface area (Å²) in [6.07, 6.45) is 7.21. The van der Waals surface area contributed by atoms with Gasteiger partial charge in [-0.2, -0.15) is 0 Å². The number of nitrogens with zero attached hydrogens (tertiary/aromatic N) is 3. The SMILES string of the molecule is C=C(C)C(=O)OCCCCCCOc1cc(-c2ccccn2)nc(-c2ccccn2)c1. The predicted octanol–water partition coefficient (Wildman–Crippen LogP) is 5.26. The second-order valence-corrected chi connectivity index (χ2v) is 7.18. The van der Waals surface area contributed by atoms with E-state index in [1.807, 2.05) is 48.5 Å².